The lowest BCUT2D eigenvalue weighted by Crippen LogP contribution is -2.34. The number of amides is 2. The van der Waals surface area contributed by atoms with Crippen LogP contribution in [0.5, 0.6) is 0 Å². The molecule has 1 saturated heterocycles. The van der Waals surface area contributed by atoms with E-state index < -0.39 is 5.82 Å². The SMILES string of the molecule is CC(C)N1C(=O)S/C(=C\c2ccccc2F)C1=O. The maximum Gasteiger partial charge on any atom is 0.293 e. The Bertz CT molecular complexity index is 540. The Labute approximate surface area is 109 Å². The molecule has 0 N–H and O–H groups in total. The Hall–Kier alpha value is -1.62. The van der Waals surface area contributed by atoms with Gasteiger partial charge in [0, 0.05) is 11.6 Å². The molecule has 1 aromatic carbocycles. The van der Waals surface area contributed by atoms with Crippen molar-refractivity contribution in [1.82, 2.24) is 4.90 Å². The van der Waals surface area contributed by atoms with Gasteiger partial charge >= 0.3 is 0 Å². The van der Waals surface area contributed by atoms with Gasteiger partial charge in [-0.3, -0.25) is 14.5 Å². The van der Waals surface area contributed by atoms with E-state index in [1.165, 1.54) is 17.0 Å². The fourth-order valence-corrected chi connectivity index (χ4v) is 2.61. The summed E-state index contributed by atoms with van der Waals surface area (Å²) < 4.78 is 13.5. The molecule has 0 spiro atoms. The van der Waals surface area contributed by atoms with Crippen LogP contribution in [-0.2, 0) is 4.79 Å². The second kappa shape index (κ2) is 4.94. The van der Waals surface area contributed by atoms with Crippen molar-refractivity contribution < 1.29 is 14.0 Å². The zero-order valence-corrected chi connectivity index (χ0v) is 10.8. The third kappa shape index (κ3) is 2.31. The van der Waals surface area contributed by atoms with E-state index in [0.29, 0.717) is 5.56 Å². The Kier molecular flexibility index (Phi) is 3.52. The summed E-state index contributed by atoms with van der Waals surface area (Å²) in [6.45, 7) is 3.53. The number of carbonyl (C=O) groups excluding carboxylic acids is 2. The molecule has 1 fully saturated rings. The summed E-state index contributed by atoms with van der Waals surface area (Å²) in [5.41, 5.74) is 0.312. The molecule has 3 nitrogen and oxygen atoms in total. The van der Waals surface area contributed by atoms with Crippen LogP contribution in [-0.4, -0.2) is 22.1 Å². The molecule has 18 heavy (non-hydrogen) atoms. The summed E-state index contributed by atoms with van der Waals surface area (Å²) in [7, 11) is 0. The standard InChI is InChI=1S/C13H12FNO2S/c1-8(2)15-12(16)11(18-13(15)17)7-9-5-3-4-6-10(9)14/h3-8H,1-2H3/b11-7-. The maximum absolute atomic E-state index is 13.5. The molecule has 2 rings (SSSR count). The largest absolute Gasteiger partial charge is 0.293 e. The van der Waals surface area contributed by atoms with E-state index in [1.54, 1.807) is 32.0 Å². The van der Waals surface area contributed by atoms with E-state index in [2.05, 4.69) is 0 Å². The lowest BCUT2D eigenvalue weighted by Gasteiger charge is -2.16. The summed E-state index contributed by atoms with van der Waals surface area (Å²) in [6.07, 6.45) is 1.42. The van der Waals surface area contributed by atoms with Gasteiger partial charge in [-0.1, -0.05) is 18.2 Å². The van der Waals surface area contributed by atoms with Gasteiger partial charge in [-0.05, 0) is 37.8 Å². The van der Waals surface area contributed by atoms with Gasteiger partial charge in [0.2, 0.25) is 0 Å². The van der Waals surface area contributed by atoms with Gasteiger partial charge in [0.1, 0.15) is 5.82 Å². The van der Waals surface area contributed by atoms with Gasteiger partial charge in [-0.2, -0.15) is 0 Å². The summed E-state index contributed by atoms with van der Waals surface area (Å²) >= 11 is 0.846. The lowest BCUT2D eigenvalue weighted by atomic mass is 10.2. The molecule has 0 radical (unpaired) electrons. The van der Waals surface area contributed by atoms with E-state index >= 15 is 0 Å². The molecular formula is C13H12FNO2S. The fraction of sp³-hybridized carbons (Fsp3) is 0.231. The van der Waals surface area contributed by atoms with Crippen LogP contribution < -0.4 is 0 Å². The number of carbonyl (C=O) groups is 2. The van der Waals surface area contributed by atoms with Crippen molar-refractivity contribution in [2.45, 2.75) is 19.9 Å². The Morgan fingerprint density at radius 3 is 2.50 bits per heavy atom. The minimum absolute atomic E-state index is 0.191. The predicted octanol–water partition coefficient (Wildman–Crippen LogP) is 3.27. The summed E-state index contributed by atoms with van der Waals surface area (Å²) in [5, 5.41) is -0.308. The first kappa shape index (κ1) is 12.8. The highest BCUT2D eigenvalue weighted by Gasteiger charge is 2.36. The molecule has 0 aliphatic carbocycles. The van der Waals surface area contributed by atoms with Crippen molar-refractivity contribution in [3.63, 3.8) is 0 Å². The predicted molar refractivity (Wildman–Crippen MR) is 69.3 cm³/mol. The van der Waals surface area contributed by atoms with Crippen LogP contribution in [0.4, 0.5) is 9.18 Å². The van der Waals surface area contributed by atoms with Crippen molar-refractivity contribution in [1.29, 1.82) is 0 Å². The molecule has 1 aliphatic heterocycles. The lowest BCUT2D eigenvalue weighted by molar-refractivity contribution is -0.123. The maximum atomic E-state index is 13.5. The number of hydrogen-bond donors (Lipinski definition) is 0. The normalized spacial score (nSPS) is 18.2. The molecule has 0 unspecified atom stereocenters. The van der Waals surface area contributed by atoms with Crippen LogP contribution in [0, 0.1) is 5.82 Å². The first-order valence-electron chi connectivity index (χ1n) is 5.52. The molecule has 1 aromatic rings. The van der Waals surface area contributed by atoms with E-state index in [4.69, 9.17) is 0 Å². The number of benzene rings is 1. The van der Waals surface area contributed by atoms with Crippen LogP contribution in [0.25, 0.3) is 6.08 Å². The number of imide groups is 1. The van der Waals surface area contributed by atoms with Gasteiger partial charge in [-0.25, -0.2) is 4.39 Å². The van der Waals surface area contributed by atoms with E-state index in [1.807, 2.05) is 0 Å². The fourth-order valence-electron chi connectivity index (χ4n) is 1.66. The average Bonchev–Trinajstić information content (AvgIpc) is 2.57. The first-order chi connectivity index (χ1) is 8.50. The van der Waals surface area contributed by atoms with Gasteiger partial charge in [0.25, 0.3) is 11.1 Å². The zero-order chi connectivity index (χ0) is 13.3. The molecule has 0 atom stereocenters. The number of halogens is 1. The van der Waals surface area contributed by atoms with Crippen molar-refractivity contribution in [3.8, 4) is 0 Å². The smallest absolute Gasteiger partial charge is 0.268 e. The monoisotopic (exact) mass is 265 g/mol. The summed E-state index contributed by atoms with van der Waals surface area (Å²) in [6, 6.07) is 5.95. The number of hydrogen-bond acceptors (Lipinski definition) is 3. The second-order valence-corrected chi connectivity index (χ2v) is 5.16. The zero-order valence-electron chi connectivity index (χ0n) is 10.0. The van der Waals surface area contributed by atoms with Crippen molar-refractivity contribution in [2.24, 2.45) is 0 Å². The Morgan fingerprint density at radius 2 is 1.94 bits per heavy atom. The molecule has 5 heteroatoms. The third-order valence-electron chi connectivity index (χ3n) is 2.53. The van der Waals surface area contributed by atoms with Crippen molar-refractivity contribution in [3.05, 3.63) is 40.6 Å². The van der Waals surface area contributed by atoms with E-state index in [9.17, 15) is 14.0 Å². The highest BCUT2D eigenvalue weighted by molar-refractivity contribution is 8.18. The highest BCUT2D eigenvalue weighted by Crippen LogP contribution is 2.33. The van der Waals surface area contributed by atoms with Crippen molar-refractivity contribution >= 4 is 29.0 Å². The number of nitrogens with zero attached hydrogens (tertiary/aromatic N) is 1. The number of thioether (sulfide) groups is 1. The third-order valence-corrected chi connectivity index (χ3v) is 3.42. The van der Waals surface area contributed by atoms with Crippen LogP contribution in [0.3, 0.4) is 0 Å². The van der Waals surface area contributed by atoms with Gasteiger partial charge in [-0.15, -0.1) is 0 Å². The molecule has 94 valence electrons. The summed E-state index contributed by atoms with van der Waals surface area (Å²) in [5.74, 6) is -0.767. The highest BCUT2D eigenvalue weighted by atomic mass is 32.2. The van der Waals surface area contributed by atoms with Crippen LogP contribution in [0.15, 0.2) is 29.2 Å². The molecule has 0 bridgehead atoms. The van der Waals surface area contributed by atoms with Crippen molar-refractivity contribution in [2.75, 3.05) is 0 Å². The van der Waals surface area contributed by atoms with Gasteiger partial charge in [0.05, 0.1) is 4.91 Å². The van der Waals surface area contributed by atoms with Crippen LogP contribution in [0.1, 0.15) is 19.4 Å². The molecule has 1 aliphatic rings. The van der Waals surface area contributed by atoms with Crippen LogP contribution >= 0.6 is 11.8 Å². The van der Waals surface area contributed by atoms with Gasteiger partial charge in [0.15, 0.2) is 0 Å². The quantitative estimate of drug-likeness (QED) is 0.770. The average molecular weight is 265 g/mol. The minimum atomic E-state index is -0.408. The van der Waals surface area contributed by atoms with E-state index in [-0.39, 0.29) is 22.1 Å². The molecular weight excluding hydrogens is 253 g/mol. The Balaban J connectivity index is 2.34. The number of rotatable bonds is 2. The molecule has 0 saturated carbocycles. The van der Waals surface area contributed by atoms with E-state index in [0.717, 1.165) is 11.8 Å². The second-order valence-electron chi connectivity index (χ2n) is 4.17. The topological polar surface area (TPSA) is 37.4 Å². The van der Waals surface area contributed by atoms with Gasteiger partial charge < -0.3 is 0 Å². The first-order valence-corrected chi connectivity index (χ1v) is 6.34. The molecule has 2 amide bonds. The molecule has 0 aromatic heterocycles. The minimum Gasteiger partial charge on any atom is -0.268 e. The van der Waals surface area contributed by atoms with Crippen LogP contribution in [0.2, 0.25) is 0 Å². The molecule has 1 heterocycles. The summed E-state index contributed by atoms with van der Waals surface area (Å²) in [4.78, 5) is 25.1. The Morgan fingerprint density at radius 1 is 1.28 bits per heavy atom.